The van der Waals surface area contributed by atoms with E-state index in [1.54, 1.807) is 0 Å². The maximum absolute atomic E-state index is 14.0. The lowest BCUT2D eigenvalue weighted by Gasteiger charge is -2.32. The van der Waals surface area contributed by atoms with Crippen molar-refractivity contribution < 1.29 is 9.13 Å². The molecule has 1 aliphatic rings. The fourth-order valence-electron chi connectivity index (χ4n) is 2.31. The molecular formula is C12H19FN4O2. The van der Waals surface area contributed by atoms with E-state index in [9.17, 15) is 9.18 Å². The third-order valence-electron chi connectivity index (χ3n) is 3.30. The van der Waals surface area contributed by atoms with Gasteiger partial charge in [0.15, 0.2) is 0 Å². The number of H-pyrrole nitrogens is 1. The smallest absolute Gasteiger partial charge is 0.290 e. The molecule has 2 rings (SSSR count). The summed E-state index contributed by atoms with van der Waals surface area (Å²) in [6, 6.07) is 0. The van der Waals surface area contributed by atoms with Crippen LogP contribution >= 0.6 is 0 Å². The highest BCUT2D eigenvalue weighted by Gasteiger charge is 2.24. The van der Waals surface area contributed by atoms with Crippen molar-refractivity contribution in [1.29, 1.82) is 0 Å². The van der Waals surface area contributed by atoms with Crippen LogP contribution in [0.15, 0.2) is 4.79 Å². The zero-order valence-electron chi connectivity index (χ0n) is 11.3. The average Bonchev–Trinajstić information content (AvgIpc) is 2.45. The Morgan fingerprint density at radius 3 is 2.58 bits per heavy atom. The molecule has 106 valence electrons. The monoisotopic (exact) mass is 270 g/mol. The highest BCUT2D eigenvalue weighted by Crippen LogP contribution is 2.27. The predicted octanol–water partition coefficient (Wildman–Crippen LogP) is 0.592. The van der Waals surface area contributed by atoms with Crippen LogP contribution in [0.5, 0.6) is 0 Å². The number of anilines is 2. The van der Waals surface area contributed by atoms with E-state index in [0.717, 1.165) is 0 Å². The highest BCUT2D eigenvalue weighted by atomic mass is 19.1. The standard InChI is InChI=1S/C12H19FN4O2/c1-3-16(4-2)9-10(12(18)15-14-11(9)13)17-5-7-19-8-6-17/h3-8H2,1-2H3,(H,15,18). The van der Waals surface area contributed by atoms with Crippen LogP contribution in [0, 0.1) is 5.95 Å². The molecule has 1 aliphatic heterocycles. The van der Waals surface area contributed by atoms with E-state index in [1.807, 2.05) is 23.6 Å². The van der Waals surface area contributed by atoms with Crippen molar-refractivity contribution in [3.05, 3.63) is 16.3 Å². The van der Waals surface area contributed by atoms with E-state index in [0.29, 0.717) is 45.1 Å². The van der Waals surface area contributed by atoms with Crippen LogP contribution in [0.2, 0.25) is 0 Å². The molecule has 0 amide bonds. The average molecular weight is 270 g/mol. The van der Waals surface area contributed by atoms with Gasteiger partial charge in [0, 0.05) is 26.2 Å². The van der Waals surface area contributed by atoms with Gasteiger partial charge in [-0.25, -0.2) is 5.10 Å². The van der Waals surface area contributed by atoms with Gasteiger partial charge in [-0.3, -0.25) is 4.79 Å². The maximum Gasteiger partial charge on any atom is 0.290 e. The van der Waals surface area contributed by atoms with Gasteiger partial charge < -0.3 is 14.5 Å². The Hall–Kier alpha value is -1.63. The number of hydrogen-bond donors (Lipinski definition) is 1. The van der Waals surface area contributed by atoms with Crippen molar-refractivity contribution in [2.75, 3.05) is 49.2 Å². The molecule has 1 aromatic heterocycles. The second-order valence-corrected chi connectivity index (χ2v) is 4.31. The van der Waals surface area contributed by atoms with Gasteiger partial charge in [-0.15, -0.1) is 5.10 Å². The van der Waals surface area contributed by atoms with Gasteiger partial charge in [0.05, 0.1) is 13.2 Å². The summed E-state index contributed by atoms with van der Waals surface area (Å²) in [5.41, 5.74) is 0.292. The van der Waals surface area contributed by atoms with Crippen LogP contribution in [0.25, 0.3) is 0 Å². The Balaban J connectivity index is 2.50. The molecule has 0 bridgehead atoms. The van der Waals surface area contributed by atoms with E-state index in [-0.39, 0.29) is 11.2 Å². The van der Waals surface area contributed by atoms with Crippen LogP contribution in [0.4, 0.5) is 15.8 Å². The summed E-state index contributed by atoms with van der Waals surface area (Å²) in [6.07, 6.45) is 0. The Kier molecular flexibility index (Phi) is 4.36. The molecule has 7 heteroatoms. The van der Waals surface area contributed by atoms with Crippen LogP contribution in [0.1, 0.15) is 13.8 Å². The molecular weight excluding hydrogens is 251 g/mol. The summed E-state index contributed by atoms with van der Waals surface area (Å²) in [4.78, 5) is 15.7. The first-order chi connectivity index (χ1) is 9.19. The Morgan fingerprint density at radius 1 is 1.37 bits per heavy atom. The molecule has 1 N–H and O–H groups in total. The molecule has 2 heterocycles. The highest BCUT2D eigenvalue weighted by molar-refractivity contribution is 5.69. The summed E-state index contributed by atoms with van der Waals surface area (Å²) in [5, 5.41) is 5.67. The number of aromatic amines is 1. The number of rotatable bonds is 4. The first-order valence-corrected chi connectivity index (χ1v) is 6.54. The third-order valence-corrected chi connectivity index (χ3v) is 3.30. The van der Waals surface area contributed by atoms with Crippen molar-refractivity contribution in [3.8, 4) is 0 Å². The molecule has 0 aromatic carbocycles. The number of halogens is 1. The molecule has 1 fully saturated rings. The maximum atomic E-state index is 14.0. The van der Waals surface area contributed by atoms with Gasteiger partial charge in [0.25, 0.3) is 11.5 Å². The van der Waals surface area contributed by atoms with Gasteiger partial charge in [-0.05, 0) is 13.8 Å². The number of hydrogen-bond acceptors (Lipinski definition) is 5. The number of ether oxygens (including phenoxy) is 1. The lowest BCUT2D eigenvalue weighted by molar-refractivity contribution is 0.122. The van der Waals surface area contributed by atoms with Gasteiger partial charge in [0.1, 0.15) is 11.4 Å². The van der Waals surface area contributed by atoms with E-state index < -0.39 is 5.95 Å². The lowest BCUT2D eigenvalue weighted by atomic mass is 10.2. The molecule has 0 saturated carbocycles. The predicted molar refractivity (Wildman–Crippen MR) is 71.4 cm³/mol. The molecule has 19 heavy (non-hydrogen) atoms. The first-order valence-electron chi connectivity index (χ1n) is 6.54. The summed E-state index contributed by atoms with van der Waals surface area (Å²) in [7, 11) is 0. The third kappa shape index (κ3) is 2.70. The summed E-state index contributed by atoms with van der Waals surface area (Å²) in [5.74, 6) is -0.634. The molecule has 1 aromatic rings. The van der Waals surface area contributed by atoms with Gasteiger partial charge in [-0.1, -0.05) is 0 Å². The normalized spacial score (nSPS) is 15.6. The Labute approximate surface area is 111 Å². The fraction of sp³-hybridized carbons (Fsp3) is 0.667. The minimum atomic E-state index is -0.634. The fourth-order valence-corrected chi connectivity index (χ4v) is 2.31. The number of nitrogens with one attached hydrogen (secondary N) is 1. The van der Waals surface area contributed by atoms with Crippen molar-refractivity contribution in [3.63, 3.8) is 0 Å². The lowest BCUT2D eigenvalue weighted by Crippen LogP contribution is -2.41. The minimum Gasteiger partial charge on any atom is -0.378 e. The molecule has 1 saturated heterocycles. The van der Waals surface area contributed by atoms with Crippen molar-refractivity contribution in [2.45, 2.75) is 13.8 Å². The van der Waals surface area contributed by atoms with E-state index in [4.69, 9.17) is 4.74 Å². The van der Waals surface area contributed by atoms with Crippen molar-refractivity contribution in [1.82, 2.24) is 10.2 Å². The zero-order chi connectivity index (χ0) is 13.8. The SMILES string of the molecule is CCN(CC)c1c(F)n[nH]c(=O)c1N1CCOCC1. The van der Waals surface area contributed by atoms with E-state index in [2.05, 4.69) is 10.2 Å². The van der Waals surface area contributed by atoms with Crippen LogP contribution in [0.3, 0.4) is 0 Å². The van der Waals surface area contributed by atoms with Crippen molar-refractivity contribution in [2.24, 2.45) is 0 Å². The number of aromatic nitrogens is 2. The molecule has 0 atom stereocenters. The van der Waals surface area contributed by atoms with Gasteiger partial charge >= 0.3 is 0 Å². The molecule has 0 unspecified atom stereocenters. The van der Waals surface area contributed by atoms with Crippen LogP contribution < -0.4 is 15.4 Å². The largest absolute Gasteiger partial charge is 0.378 e. The molecule has 0 radical (unpaired) electrons. The quantitative estimate of drug-likeness (QED) is 0.867. The number of morpholine rings is 1. The summed E-state index contributed by atoms with van der Waals surface area (Å²) < 4.78 is 19.3. The number of nitrogens with zero attached hydrogens (tertiary/aromatic N) is 3. The van der Waals surface area contributed by atoms with Crippen LogP contribution in [-0.2, 0) is 4.74 Å². The molecule has 0 aliphatic carbocycles. The van der Waals surface area contributed by atoms with Crippen molar-refractivity contribution >= 4 is 11.4 Å². The summed E-state index contributed by atoms with van der Waals surface area (Å²) in [6.45, 7) is 7.34. The zero-order valence-corrected chi connectivity index (χ0v) is 11.3. The second kappa shape index (κ2) is 6.01. The molecule has 0 spiro atoms. The van der Waals surface area contributed by atoms with Gasteiger partial charge in [-0.2, -0.15) is 4.39 Å². The Morgan fingerprint density at radius 2 is 2.00 bits per heavy atom. The van der Waals surface area contributed by atoms with E-state index in [1.165, 1.54) is 0 Å². The topological polar surface area (TPSA) is 61.5 Å². The van der Waals surface area contributed by atoms with Crippen LogP contribution in [-0.4, -0.2) is 49.6 Å². The second-order valence-electron chi connectivity index (χ2n) is 4.31. The van der Waals surface area contributed by atoms with Gasteiger partial charge in [0.2, 0.25) is 0 Å². The molecule has 6 nitrogen and oxygen atoms in total. The first kappa shape index (κ1) is 13.8. The van der Waals surface area contributed by atoms with E-state index >= 15 is 0 Å². The summed E-state index contributed by atoms with van der Waals surface area (Å²) >= 11 is 0. The Bertz CT molecular complexity index is 481. The minimum absolute atomic E-state index is 0.288.